The number of aromatic nitrogens is 1. The van der Waals surface area contributed by atoms with Crippen LogP contribution in [0.2, 0.25) is 0 Å². The molecular formula is C18H24N2O2. The summed E-state index contributed by atoms with van der Waals surface area (Å²) >= 11 is 0. The second kappa shape index (κ2) is 6.77. The number of carbonyl (C=O) groups excluding carboxylic acids is 1. The Bertz CT molecular complexity index is 731. The average Bonchev–Trinajstić information content (AvgIpc) is 2.46. The largest absolute Gasteiger partial charge is 0.338 e. The lowest BCUT2D eigenvalue weighted by Gasteiger charge is -2.24. The molecule has 0 atom stereocenters. The number of amides is 1. The molecule has 0 aliphatic carbocycles. The Morgan fingerprint density at radius 3 is 2.64 bits per heavy atom. The Kier molecular flexibility index (Phi) is 5.01. The molecule has 0 fully saturated rings. The van der Waals surface area contributed by atoms with Crippen molar-refractivity contribution in [2.24, 2.45) is 5.92 Å². The summed E-state index contributed by atoms with van der Waals surface area (Å²) in [6.07, 6.45) is 0.878. The predicted octanol–water partition coefficient (Wildman–Crippen LogP) is 3.23. The highest BCUT2D eigenvalue weighted by molar-refractivity contribution is 5.80. The summed E-state index contributed by atoms with van der Waals surface area (Å²) in [6.45, 7) is 8.84. The number of nitrogens with one attached hydrogen (secondary N) is 1. The van der Waals surface area contributed by atoms with Crippen LogP contribution < -0.4 is 5.56 Å². The first-order valence-corrected chi connectivity index (χ1v) is 7.83. The van der Waals surface area contributed by atoms with Gasteiger partial charge in [0.25, 0.3) is 5.56 Å². The highest BCUT2D eigenvalue weighted by atomic mass is 16.2. The first-order chi connectivity index (χ1) is 10.4. The second-order valence-corrected chi connectivity index (χ2v) is 6.13. The number of nitrogens with zero attached hydrogens (tertiary/aromatic N) is 1. The minimum absolute atomic E-state index is 0.0614. The van der Waals surface area contributed by atoms with Crippen LogP contribution in [0.1, 0.15) is 38.3 Å². The molecule has 118 valence electrons. The van der Waals surface area contributed by atoms with E-state index in [9.17, 15) is 9.59 Å². The molecule has 0 aliphatic heterocycles. The molecule has 4 nitrogen and oxygen atoms in total. The Morgan fingerprint density at radius 2 is 2.00 bits per heavy atom. The van der Waals surface area contributed by atoms with Crippen molar-refractivity contribution in [1.82, 2.24) is 9.88 Å². The molecule has 1 amide bonds. The minimum atomic E-state index is -0.115. The maximum absolute atomic E-state index is 12.3. The zero-order valence-corrected chi connectivity index (χ0v) is 13.8. The molecule has 0 saturated heterocycles. The third kappa shape index (κ3) is 3.56. The van der Waals surface area contributed by atoms with Gasteiger partial charge in [0.2, 0.25) is 5.91 Å². The monoisotopic (exact) mass is 300 g/mol. The van der Waals surface area contributed by atoms with Gasteiger partial charge in [-0.25, -0.2) is 0 Å². The lowest BCUT2D eigenvalue weighted by Crippen LogP contribution is -2.36. The van der Waals surface area contributed by atoms with Crippen molar-refractivity contribution in [2.75, 3.05) is 6.54 Å². The van der Waals surface area contributed by atoms with Gasteiger partial charge in [0, 0.05) is 23.5 Å². The number of H-pyrrole nitrogens is 1. The minimum Gasteiger partial charge on any atom is -0.338 e. The number of hydrogen-bond donors (Lipinski definition) is 1. The maximum Gasteiger partial charge on any atom is 0.253 e. The maximum atomic E-state index is 12.3. The second-order valence-electron chi connectivity index (χ2n) is 6.13. The molecule has 1 N–H and O–H groups in total. The van der Waals surface area contributed by atoms with E-state index in [4.69, 9.17) is 0 Å². The Hall–Kier alpha value is -2.10. The smallest absolute Gasteiger partial charge is 0.253 e. The predicted molar refractivity (Wildman–Crippen MR) is 89.9 cm³/mol. The molecule has 0 bridgehead atoms. The zero-order valence-electron chi connectivity index (χ0n) is 13.8. The van der Waals surface area contributed by atoms with Crippen molar-refractivity contribution in [3.63, 3.8) is 0 Å². The summed E-state index contributed by atoms with van der Waals surface area (Å²) in [4.78, 5) is 29.2. The van der Waals surface area contributed by atoms with E-state index in [0.29, 0.717) is 18.7 Å². The van der Waals surface area contributed by atoms with Gasteiger partial charge in [-0.15, -0.1) is 0 Å². The highest BCUT2D eigenvalue weighted by Crippen LogP contribution is 2.15. The lowest BCUT2D eigenvalue weighted by molar-refractivity contribution is -0.135. The van der Waals surface area contributed by atoms with Crippen molar-refractivity contribution < 1.29 is 4.79 Å². The van der Waals surface area contributed by atoms with E-state index >= 15 is 0 Å². The summed E-state index contributed by atoms with van der Waals surface area (Å²) < 4.78 is 0. The Balaban J connectivity index is 2.36. The van der Waals surface area contributed by atoms with Crippen molar-refractivity contribution in [3.05, 3.63) is 45.7 Å². The van der Waals surface area contributed by atoms with Gasteiger partial charge in [0.15, 0.2) is 0 Å². The molecule has 1 aromatic carbocycles. The molecule has 1 heterocycles. The number of benzene rings is 1. The molecule has 0 radical (unpaired) electrons. The summed E-state index contributed by atoms with van der Waals surface area (Å²) in [5.74, 6) is 0.0268. The van der Waals surface area contributed by atoms with Crippen LogP contribution in [0.4, 0.5) is 0 Å². The standard InChI is InChI=1S/C18H24N2O2/c1-5-8-20(18(22)12(2)3)11-15-10-14-7-6-13(4)9-16(14)19-17(15)21/h6-7,9-10,12H,5,8,11H2,1-4H3,(H,19,21). The fourth-order valence-corrected chi connectivity index (χ4v) is 2.59. The summed E-state index contributed by atoms with van der Waals surface area (Å²) in [7, 11) is 0. The van der Waals surface area contributed by atoms with Gasteiger partial charge in [-0.05, 0) is 36.4 Å². The molecule has 2 rings (SSSR count). The number of hydrogen-bond acceptors (Lipinski definition) is 2. The summed E-state index contributed by atoms with van der Waals surface area (Å²) in [6, 6.07) is 7.87. The summed E-state index contributed by atoms with van der Waals surface area (Å²) in [5, 5.41) is 0.994. The van der Waals surface area contributed by atoms with E-state index in [-0.39, 0.29) is 17.4 Å². The topological polar surface area (TPSA) is 53.2 Å². The molecule has 0 saturated carbocycles. The number of carbonyl (C=O) groups is 1. The van der Waals surface area contributed by atoms with Gasteiger partial charge in [-0.1, -0.05) is 32.9 Å². The average molecular weight is 300 g/mol. The molecule has 22 heavy (non-hydrogen) atoms. The normalized spacial score (nSPS) is 11.1. The molecular weight excluding hydrogens is 276 g/mol. The Morgan fingerprint density at radius 1 is 1.27 bits per heavy atom. The van der Waals surface area contributed by atoms with Crippen LogP contribution in [-0.2, 0) is 11.3 Å². The van der Waals surface area contributed by atoms with Gasteiger partial charge in [0.1, 0.15) is 0 Å². The zero-order chi connectivity index (χ0) is 16.3. The number of fused-ring (bicyclic) bond motifs is 1. The van der Waals surface area contributed by atoms with Crippen LogP contribution in [0.3, 0.4) is 0 Å². The molecule has 2 aromatic rings. The van der Waals surface area contributed by atoms with Gasteiger partial charge in [0.05, 0.1) is 6.54 Å². The number of aromatic amines is 1. The first-order valence-electron chi connectivity index (χ1n) is 7.83. The van der Waals surface area contributed by atoms with E-state index in [1.54, 1.807) is 4.90 Å². The van der Waals surface area contributed by atoms with Crippen LogP contribution in [0, 0.1) is 12.8 Å². The van der Waals surface area contributed by atoms with Crippen molar-refractivity contribution in [2.45, 2.75) is 40.7 Å². The lowest BCUT2D eigenvalue weighted by atomic mass is 10.1. The highest BCUT2D eigenvalue weighted by Gasteiger charge is 2.18. The van der Waals surface area contributed by atoms with Crippen LogP contribution in [0.15, 0.2) is 29.1 Å². The van der Waals surface area contributed by atoms with Crippen LogP contribution in [0.25, 0.3) is 10.9 Å². The van der Waals surface area contributed by atoms with Gasteiger partial charge < -0.3 is 9.88 Å². The number of aryl methyl sites for hydroxylation is 1. The molecule has 0 aliphatic rings. The van der Waals surface area contributed by atoms with E-state index in [1.165, 1.54) is 0 Å². The van der Waals surface area contributed by atoms with Gasteiger partial charge >= 0.3 is 0 Å². The third-order valence-electron chi connectivity index (χ3n) is 3.74. The van der Waals surface area contributed by atoms with Crippen LogP contribution >= 0.6 is 0 Å². The van der Waals surface area contributed by atoms with Crippen molar-refractivity contribution in [1.29, 1.82) is 0 Å². The third-order valence-corrected chi connectivity index (χ3v) is 3.74. The molecule has 0 spiro atoms. The van der Waals surface area contributed by atoms with E-state index < -0.39 is 0 Å². The van der Waals surface area contributed by atoms with Crippen LogP contribution in [-0.4, -0.2) is 22.3 Å². The first kappa shape index (κ1) is 16.3. The Labute approximate surface area is 131 Å². The summed E-state index contributed by atoms with van der Waals surface area (Å²) in [5.41, 5.74) is 2.47. The molecule has 0 unspecified atom stereocenters. The molecule has 1 aromatic heterocycles. The van der Waals surface area contributed by atoms with E-state index in [2.05, 4.69) is 4.98 Å². The van der Waals surface area contributed by atoms with E-state index in [1.807, 2.05) is 52.0 Å². The SMILES string of the molecule is CCCN(Cc1cc2ccc(C)cc2[nH]c1=O)C(=O)C(C)C. The fraction of sp³-hybridized carbons (Fsp3) is 0.444. The molecule has 4 heteroatoms. The van der Waals surface area contributed by atoms with Crippen molar-refractivity contribution in [3.8, 4) is 0 Å². The van der Waals surface area contributed by atoms with Gasteiger partial charge in [-0.3, -0.25) is 9.59 Å². The quantitative estimate of drug-likeness (QED) is 0.921. The van der Waals surface area contributed by atoms with Crippen molar-refractivity contribution >= 4 is 16.8 Å². The fourth-order valence-electron chi connectivity index (χ4n) is 2.59. The number of rotatable bonds is 5. The number of pyridine rings is 1. The van der Waals surface area contributed by atoms with Crippen LogP contribution in [0.5, 0.6) is 0 Å². The van der Waals surface area contributed by atoms with Gasteiger partial charge in [-0.2, -0.15) is 0 Å². The van der Waals surface area contributed by atoms with E-state index in [0.717, 1.165) is 22.9 Å².